The van der Waals surface area contributed by atoms with Crippen molar-refractivity contribution in [2.24, 2.45) is 0 Å². The highest BCUT2D eigenvalue weighted by Gasteiger charge is 2.16. The summed E-state index contributed by atoms with van der Waals surface area (Å²) < 4.78 is 10.6. The Bertz CT molecular complexity index is 511. The predicted molar refractivity (Wildman–Crippen MR) is 93.7 cm³/mol. The maximum absolute atomic E-state index is 5.32. The van der Waals surface area contributed by atoms with E-state index in [1.807, 2.05) is 50.3 Å². The van der Waals surface area contributed by atoms with Crippen molar-refractivity contribution >= 4 is 6.08 Å². The van der Waals surface area contributed by atoms with E-state index >= 15 is 0 Å². The van der Waals surface area contributed by atoms with E-state index in [0.717, 1.165) is 5.56 Å². The van der Waals surface area contributed by atoms with Crippen LogP contribution in [0, 0.1) is 6.92 Å². The number of ether oxygens (including phenoxy) is 2. The zero-order valence-corrected chi connectivity index (χ0v) is 13.8. The molecule has 0 atom stereocenters. The van der Waals surface area contributed by atoms with Crippen molar-refractivity contribution in [3.8, 4) is 0 Å². The predicted octanol–water partition coefficient (Wildman–Crippen LogP) is 5.40. The van der Waals surface area contributed by atoms with Gasteiger partial charge in [-0.2, -0.15) is 0 Å². The highest BCUT2D eigenvalue weighted by molar-refractivity contribution is 5.46. The van der Waals surface area contributed by atoms with Crippen LogP contribution in [0.25, 0.3) is 6.08 Å². The molecule has 1 aliphatic heterocycles. The van der Waals surface area contributed by atoms with Crippen LogP contribution in [0.1, 0.15) is 36.8 Å². The van der Waals surface area contributed by atoms with Gasteiger partial charge in [-0.25, -0.2) is 0 Å². The van der Waals surface area contributed by atoms with E-state index in [-0.39, 0.29) is 6.29 Å². The molecule has 2 nitrogen and oxygen atoms in total. The van der Waals surface area contributed by atoms with Gasteiger partial charge in [0.15, 0.2) is 6.29 Å². The third-order valence-electron chi connectivity index (χ3n) is 3.01. The quantitative estimate of drug-likeness (QED) is 0.739. The van der Waals surface area contributed by atoms with Gasteiger partial charge in [-0.05, 0) is 12.5 Å². The summed E-state index contributed by atoms with van der Waals surface area (Å²) in [5.74, 6) is 0. The zero-order valence-electron chi connectivity index (χ0n) is 13.8. The molecule has 1 saturated heterocycles. The van der Waals surface area contributed by atoms with Gasteiger partial charge in [0.2, 0.25) is 0 Å². The molecular weight excluding hydrogens is 272 g/mol. The molecule has 0 unspecified atom stereocenters. The molecule has 22 heavy (non-hydrogen) atoms. The monoisotopic (exact) mass is 298 g/mol. The van der Waals surface area contributed by atoms with Crippen LogP contribution in [-0.2, 0) is 9.47 Å². The Morgan fingerprint density at radius 1 is 0.909 bits per heavy atom. The topological polar surface area (TPSA) is 18.5 Å². The van der Waals surface area contributed by atoms with E-state index in [1.165, 1.54) is 11.1 Å². The molecule has 118 valence electrons. The summed E-state index contributed by atoms with van der Waals surface area (Å²) in [6.07, 6.45) is 1.72. The summed E-state index contributed by atoms with van der Waals surface area (Å²) in [5, 5.41) is 0. The van der Waals surface area contributed by atoms with Crippen molar-refractivity contribution in [2.45, 2.75) is 27.1 Å². The van der Waals surface area contributed by atoms with Gasteiger partial charge in [0.1, 0.15) is 0 Å². The fraction of sp³-hybridized carbons (Fsp3) is 0.300. The number of aryl methyl sites for hydroxylation is 1. The molecule has 0 spiro atoms. The molecule has 2 aromatic carbocycles. The Morgan fingerprint density at radius 2 is 1.45 bits per heavy atom. The first kappa shape index (κ1) is 18.1. The molecule has 3 rings (SSSR count). The molecule has 0 saturated carbocycles. The third-order valence-corrected chi connectivity index (χ3v) is 3.01. The minimum atomic E-state index is -0.129. The second-order valence-corrected chi connectivity index (χ2v) is 4.60. The van der Waals surface area contributed by atoms with Gasteiger partial charge in [0.25, 0.3) is 0 Å². The molecule has 1 aliphatic rings. The van der Waals surface area contributed by atoms with Gasteiger partial charge in [-0.15, -0.1) is 0 Å². The van der Waals surface area contributed by atoms with Crippen molar-refractivity contribution in [3.05, 3.63) is 77.9 Å². The van der Waals surface area contributed by atoms with Gasteiger partial charge in [0.05, 0.1) is 13.2 Å². The lowest BCUT2D eigenvalue weighted by Gasteiger charge is -2.07. The summed E-state index contributed by atoms with van der Waals surface area (Å²) in [7, 11) is 0. The number of rotatable bonds is 2. The first-order valence-corrected chi connectivity index (χ1v) is 7.77. The second-order valence-electron chi connectivity index (χ2n) is 4.60. The van der Waals surface area contributed by atoms with Gasteiger partial charge in [-0.1, -0.05) is 86.7 Å². The minimum Gasteiger partial charge on any atom is -0.346 e. The van der Waals surface area contributed by atoms with Crippen LogP contribution >= 0.6 is 0 Å². The van der Waals surface area contributed by atoms with Crippen LogP contribution in [0.3, 0.4) is 0 Å². The Kier molecular flexibility index (Phi) is 8.89. The molecule has 1 heterocycles. The molecule has 0 N–H and O–H groups in total. The summed E-state index contributed by atoms with van der Waals surface area (Å²) in [6, 6.07) is 18.3. The van der Waals surface area contributed by atoms with Crippen LogP contribution in [0.15, 0.2) is 61.2 Å². The number of benzene rings is 2. The van der Waals surface area contributed by atoms with Crippen LogP contribution in [0.2, 0.25) is 0 Å². The molecule has 0 radical (unpaired) electrons. The molecule has 0 aromatic heterocycles. The van der Waals surface area contributed by atoms with E-state index < -0.39 is 0 Å². The van der Waals surface area contributed by atoms with Gasteiger partial charge < -0.3 is 9.47 Å². The van der Waals surface area contributed by atoms with E-state index in [2.05, 4.69) is 37.8 Å². The SMILES string of the molecule is C=Cc1ccc(C)cc1.CC.c1ccc(C2OCCO2)cc1. The molecule has 1 fully saturated rings. The summed E-state index contributed by atoms with van der Waals surface area (Å²) in [4.78, 5) is 0. The first-order chi connectivity index (χ1) is 10.8. The molecule has 2 heteroatoms. The highest BCUT2D eigenvalue weighted by Crippen LogP contribution is 2.22. The Morgan fingerprint density at radius 3 is 1.95 bits per heavy atom. The molecular formula is C20H26O2. The van der Waals surface area contributed by atoms with Gasteiger partial charge in [-0.3, -0.25) is 0 Å². The molecule has 0 bridgehead atoms. The summed E-state index contributed by atoms with van der Waals surface area (Å²) in [6.45, 7) is 11.2. The Labute approximate surface area is 134 Å². The van der Waals surface area contributed by atoms with Crippen LogP contribution in [-0.4, -0.2) is 13.2 Å². The Balaban J connectivity index is 0.000000202. The van der Waals surface area contributed by atoms with Crippen molar-refractivity contribution < 1.29 is 9.47 Å². The normalized spacial score (nSPS) is 13.4. The fourth-order valence-corrected chi connectivity index (χ4v) is 1.86. The van der Waals surface area contributed by atoms with Crippen molar-refractivity contribution in [1.29, 1.82) is 0 Å². The Hall–Kier alpha value is -1.90. The van der Waals surface area contributed by atoms with Gasteiger partial charge in [0, 0.05) is 5.56 Å². The largest absolute Gasteiger partial charge is 0.346 e. The number of hydrogen-bond acceptors (Lipinski definition) is 2. The summed E-state index contributed by atoms with van der Waals surface area (Å²) in [5.41, 5.74) is 3.58. The van der Waals surface area contributed by atoms with Crippen LogP contribution in [0.4, 0.5) is 0 Å². The third kappa shape index (κ3) is 6.25. The standard InChI is InChI=1S/C9H10O2.C9H10.C2H6/c1-2-4-8(5-3-1)9-10-6-7-11-9;1-3-9-6-4-8(2)5-7-9;1-2/h1-5,9H,6-7H2;3-7H,1H2,2H3;1-2H3. The van der Waals surface area contributed by atoms with Crippen LogP contribution < -0.4 is 0 Å². The smallest absolute Gasteiger partial charge is 0.184 e. The van der Waals surface area contributed by atoms with Gasteiger partial charge >= 0.3 is 0 Å². The lowest BCUT2D eigenvalue weighted by Crippen LogP contribution is -1.96. The first-order valence-electron chi connectivity index (χ1n) is 7.77. The fourth-order valence-electron chi connectivity index (χ4n) is 1.86. The lowest BCUT2D eigenvalue weighted by molar-refractivity contribution is -0.0441. The molecule has 0 aliphatic carbocycles. The van der Waals surface area contributed by atoms with E-state index in [4.69, 9.17) is 9.47 Å². The highest BCUT2D eigenvalue weighted by atomic mass is 16.7. The molecule has 0 amide bonds. The average molecular weight is 298 g/mol. The number of hydrogen-bond donors (Lipinski definition) is 0. The van der Waals surface area contributed by atoms with Crippen LogP contribution in [0.5, 0.6) is 0 Å². The lowest BCUT2D eigenvalue weighted by atomic mass is 10.2. The van der Waals surface area contributed by atoms with E-state index in [1.54, 1.807) is 0 Å². The molecule has 2 aromatic rings. The van der Waals surface area contributed by atoms with Crippen molar-refractivity contribution in [2.75, 3.05) is 13.2 Å². The van der Waals surface area contributed by atoms with E-state index in [9.17, 15) is 0 Å². The van der Waals surface area contributed by atoms with Crippen molar-refractivity contribution in [1.82, 2.24) is 0 Å². The van der Waals surface area contributed by atoms with Crippen molar-refractivity contribution in [3.63, 3.8) is 0 Å². The van der Waals surface area contributed by atoms with E-state index in [0.29, 0.717) is 13.2 Å². The second kappa shape index (κ2) is 10.8. The maximum Gasteiger partial charge on any atom is 0.184 e. The summed E-state index contributed by atoms with van der Waals surface area (Å²) >= 11 is 0. The average Bonchev–Trinajstić information content (AvgIpc) is 3.13. The minimum absolute atomic E-state index is 0.129. The zero-order chi connectivity index (χ0) is 16.2. The maximum atomic E-state index is 5.32.